The average Bonchev–Trinajstić information content (AvgIpc) is 3.47. The number of rotatable bonds is 6. The Morgan fingerprint density at radius 1 is 0.760 bits per heavy atom. The second-order valence-corrected chi connectivity index (χ2v) is 7.63. The summed E-state index contributed by atoms with van der Waals surface area (Å²) in [5, 5.41) is 22.8. The highest BCUT2D eigenvalue weighted by Crippen LogP contribution is 2.53. The van der Waals surface area contributed by atoms with Gasteiger partial charge in [0.15, 0.2) is 0 Å². The molecule has 0 spiro atoms. The van der Waals surface area contributed by atoms with Crippen molar-refractivity contribution in [2.75, 3.05) is 0 Å². The number of hydrogen-bond acceptors (Lipinski definition) is 5. The fourth-order valence-electron chi connectivity index (χ4n) is 3.24. The summed E-state index contributed by atoms with van der Waals surface area (Å²) in [5.41, 5.74) is 1.88. The molecular weight excluding hydrogens is 340 g/mol. The van der Waals surface area contributed by atoms with E-state index in [1.54, 1.807) is 24.3 Å². The molecule has 6 nitrogen and oxygen atoms in total. The number of nitro groups is 2. The van der Waals surface area contributed by atoms with E-state index in [0.29, 0.717) is 0 Å². The van der Waals surface area contributed by atoms with Gasteiger partial charge in [-0.2, -0.15) is 0 Å². The van der Waals surface area contributed by atoms with Crippen molar-refractivity contribution in [3.05, 3.63) is 67.8 Å². The third-order valence-corrected chi connectivity index (χ3v) is 5.82. The van der Waals surface area contributed by atoms with Gasteiger partial charge in [0.05, 0.1) is 9.85 Å². The van der Waals surface area contributed by atoms with E-state index in [-0.39, 0.29) is 33.1 Å². The summed E-state index contributed by atoms with van der Waals surface area (Å²) >= 11 is 1.43. The van der Waals surface area contributed by atoms with E-state index in [1.807, 2.05) is 12.1 Å². The fourth-order valence-corrected chi connectivity index (χ4v) is 4.54. The third kappa shape index (κ3) is 3.11. The predicted molar refractivity (Wildman–Crippen MR) is 94.3 cm³/mol. The number of benzene rings is 2. The van der Waals surface area contributed by atoms with E-state index in [4.69, 9.17) is 0 Å². The smallest absolute Gasteiger partial charge is 0.258 e. The quantitative estimate of drug-likeness (QED) is 0.510. The standard InChI is InChI=1S/C18H16N2O4S/c21-19(22)13-3-1-5-15(17(13)11-7-8-11)25-16-6-2-4-14(20(23)24)18(16)12-9-10-12/h1-6,11-12H,7-10H2. The van der Waals surface area contributed by atoms with Crippen LogP contribution in [0.1, 0.15) is 48.6 Å². The molecule has 0 aliphatic heterocycles. The Bertz CT molecular complexity index is 804. The lowest BCUT2D eigenvalue weighted by Crippen LogP contribution is -1.98. The zero-order valence-electron chi connectivity index (χ0n) is 13.4. The molecule has 2 aliphatic carbocycles. The van der Waals surface area contributed by atoms with Crippen LogP contribution in [0.2, 0.25) is 0 Å². The van der Waals surface area contributed by atoms with Crippen LogP contribution in [-0.2, 0) is 0 Å². The topological polar surface area (TPSA) is 86.3 Å². The molecule has 2 saturated carbocycles. The van der Waals surface area contributed by atoms with Gasteiger partial charge in [-0.1, -0.05) is 23.9 Å². The van der Waals surface area contributed by atoms with Crippen molar-refractivity contribution < 1.29 is 9.85 Å². The monoisotopic (exact) mass is 356 g/mol. The molecule has 2 fully saturated rings. The van der Waals surface area contributed by atoms with Crippen LogP contribution >= 0.6 is 11.8 Å². The van der Waals surface area contributed by atoms with Crippen molar-refractivity contribution in [1.29, 1.82) is 0 Å². The van der Waals surface area contributed by atoms with Crippen LogP contribution in [-0.4, -0.2) is 9.85 Å². The molecule has 2 aliphatic rings. The van der Waals surface area contributed by atoms with Crippen molar-refractivity contribution in [2.45, 2.75) is 47.3 Å². The summed E-state index contributed by atoms with van der Waals surface area (Å²) in [6, 6.07) is 10.3. The third-order valence-electron chi connectivity index (χ3n) is 4.67. The van der Waals surface area contributed by atoms with Crippen molar-refractivity contribution in [3.63, 3.8) is 0 Å². The van der Waals surface area contributed by atoms with Gasteiger partial charge in [0.25, 0.3) is 11.4 Å². The van der Waals surface area contributed by atoms with Crippen molar-refractivity contribution in [2.24, 2.45) is 0 Å². The highest BCUT2D eigenvalue weighted by atomic mass is 32.2. The minimum absolute atomic E-state index is 0.158. The van der Waals surface area contributed by atoms with Crippen molar-refractivity contribution in [1.82, 2.24) is 0 Å². The van der Waals surface area contributed by atoms with Crippen molar-refractivity contribution in [3.8, 4) is 0 Å². The minimum atomic E-state index is -0.326. The second-order valence-electron chi connectivity index (χ2n) is 6.54. The molecule has 0 unspecified atom stereocenters. The summed E-state index contributed by atoms with van der Waals surface area (Å²) < 4.78 is 0. The van der Waals surface area contributed by atoms with Crippen molar-refractivity contribution >= 4 is 23.1 Å². The maximum atomic E-state index is 11.4. The summed E-state index contributed by atoms with van der Waals surface area (Å²) in [6.45, 7) is 0. The first-order valence-electron chi connectivity index (χ1n) is 8.28. The van der Waals surface area contributed by atoms with Crippen LogP contribution < -0.4 is 0 Å². The summed E-state index contributed by atoms with van der Waals surface area (Å²) in [6.07, 6.45) is 3.84. The molecule has 4 rings (SSSR count). The van der Waals surface area contributed by atoms with Crippen LogP contribution in [0.3, 0.4) is 0 Å². The Kier molecular flexibility index (Phi) is 3.95. The lowest BCUT2D eigenvalue weighted by molar-refractivity contribution is -0.385. The summed E-state index contributed by atoms with van der Waals surface area (Å²) in [5.74, 6) is 0.458. The lowest BCUT2D eigenvalue weighted by Gasteiger charge is -2.12. The highest BCUT2D eigenvalue weighted by Gasteiger charge is 2.36. The molecule has 0 heterocycles. The van der Waals surface area contributed by atoms with Crippen LogP contribution in [0.25, 0.3) is 0 Å². The van der Waals surface area contributed by atoms with Gasteiger partial charge in [0.1, 0.15) is 0 Å². The molecule has 2 aromatic rings. The molecule has 128 valence electrons. The Balaban J connectivity index is 1.79. The van der Waals surface area contributed by atoms with Gasteiger partial charge < -0.3 is 0 Å². The van der Waals surface area contributed by atoms with Gasteiger partial charge in [-0.05, 0) is 49.7 Å². The number of hydrogen-bond donors (Lipinski definition) is 0. The zero-order chi connectivity index (χ0) is 17.6. The van der Waals surface area contributed by atoms with E-state index in [0.717, 1.165) is 46.6 Å². The van der Waals surface area contributed by atoms with Crippen LogP contribution in [0.15, 0.2) is 46.2 Å². The Labute approximate surface area is 148 Å². The Morgan fingerprint density at radius 2 is 1.16 bits per heavy atom. The maximum Gasteiger partial charge on any atom is 0.273 e. The first-order chi connectivity index (χ1) is 12.1. The van der Waals surface area contributed by atoms with E-state index in [1.165, 1.54) is 11.8 Å². The average molecular weight is 356 g/mol. The van der Waals surface area contributed by atoms with E-state index in [2.05, 4.69) is 0 Å². The summed E-state index contributed by atoms with van der Waals surface area (Å²) in [7, 11) is 0. The van der Waals surface area contributed by atoms with Gasteiger partial charge in [-0.15, -0.1) is 0 Å². The fraction of sp³-hybridized carbons (Fsp3) is 0.333. The maximum absolute atomic E-state index is 11.4. The van der Waals surface area contributed by atoms with Crippen LogP contribution in [0, 0.1) is 20.2 Å². The van der Waals surface area contributed by atoms with Gasteiger partial charge >= 0.3 is 0 Å². The molecule has 0 atom stereocenters. The van der Waals surface area contributed by atoms with Gasteiger partial charge in [-0.3, -0.25) is 20.2 Å². The number of nitro benzene ring substituents is 2. The normalized spacial score (nSPS) is 16.6. The molecule has 0 saturated heterocycles. The first-order valence-corrected chi connectivity index (χ1v) is 9.10. The Hall–Kier alpha value is -2.41. The largest absolute Gasteiger partial charge is 0.273 e. The lowest BCUT2D eigenvalue weighted by atomic mass is 10.1. The van der Waals surface area contributed by atoms with Gasteiger partial charge in [-0.25, -0.2) is 0 Å². The van der Waals surface area contributed by atoms with E-state index < -0.39 is 0 Å². The van der Waals surface area contributed by atoms with E-state index >= 15 is 0 Å². The Morgan fingerprint density at radius 3 is 1.48 bits per heavy atom. The molecule has 7 heteroatoms. The zero-order valence-corrected chi connectivity index (χ0v) is 14.2. The van der Waals surface area contributed by atoms with Crippen LogP contribution in [0.4, 0.5) is 11.4 Å². The predicted octanol–water partition coefficient (Wildman–Crippen LogP) is 5.41. The molecule has 0 aromatic heterocycles. The van der Waals surface area contributed by atoms with Gasteiger partial charge in [0.2, 0.25) is 0 Å². The second kappa shape index (κ2) is 6.15. The molecule has 0 bridgehead atoms. The molecule has 0 amide bonds. The van der Waals surface area contributed by atoms with Crippen LogP contribution in [0.5, 0.6) is 0 Å². The summed E-state index contributed by atoms with van der Waals surface area (Å²) in [4.78, 5) is 23.8. The highest BCUT2D eigenvalue weighted by molar-refractivity contribution is 7.99. The minimum Gasteiger partial charge on any atom is -0.258 e. The van der Waals surface area contributed by atoms with E-state index in [9.17, 15) is 20.2 Å². The molecule has 0 N–H and O–H groups in total. The molecule has 2 aromatic carbocycles. The number of nitrogens with zero attached hydrogens (tertiary/aromatic N) is 2. The SMILES string of the molecule is O=[N+]([O-])c1cccc(Sc2cccc([N+](=O)[O-])c2C2CC2)c1C1CC1. The molecular formula is C18H16N2O4S. The molecule has 25 heavy (non-hydrogen) atoms. The molecule has 0 radical (unpaired) electrons. The first kappa shape index (κ1) is 16.1. The van der Waals surface area contributed by atoms with Gasteiger partial charge in [0, 0.05) is 33.1 Å².